The third-order valence-electron chi connectivity index (χ3n) is 4.81. The first-order valence-corrected chi connectivity index (χ1v) is 10.1. The number of anilines is 1. The summed E-state index contributed by atoms with van der Waals surface area (Å²) in [5.74, 6) is -0.948. The van der Waals surface area contributed by atoms with Crippen molar-refractivity contribution < 1.29 is 18.7 Å². The maximum Gasteiger partial charge on any atom is 0.270 e. The van der Waals surface area contributed by atoms with E-state index in [1.165, 1.54) is 12.1 Å². The number of hydrogen-bond acceptors (Lipinski definition) is 5. The quantitative estimate of drug-likeness (QED) is 0.593. The Morgan fingerprint density at radius 2 is 2.07 bits per heavy atom. The Morgan fingerprint density at radius 3 is 2.70 bits per heavy atom. The summed E-state index contributed by atoms with van der Waals surface area (Å²) in [7, 11) is 0. The fraction of sp³-hybridized carbons (Fsp3) is 0.381. The molecule has 1 saturated carbocycles. The van der Waals surface area contributed by atoms with Crippen LogP contribution < -0.4 is 20.7 Å². The summed E-state index contributed by atoms with van der Waals surface area (Å²) in [6.07, 6.45) is 2.81. The lowest BCUT2D eigenvalue weighted by Gasteiger charge is -2.45. The van der Waals surface area contributed by atoms with Crippen LogP contribution in [0.4, 0.5) is 10.1 Å². The van der Waals surface area contributed by atoms with Crippen molar-refractivity contribution in [3.63, 3.8) is 0 Å². The number of ether oxygens (including phenoxy) is 1. The SMILES string of the molecule is CCNc1ccc(C(=O)NC2CC(C)(NC(=O)COc3ccc(Cl)c(F)c3)C2)nc1. The van der Waals surface area contributed by atoms with Gasteiger partial charge in [-0.15, -0.1) is 0 Å². The molecule has 0 saturated heterocycles. The second-order valence-electron chi connectivity index (χ2n) is 7.51. The Morgan fingerprint density at radius 1 is 1.30 bits per heavy atom. The highest BCUT2D eigenvalue weighted by molar-refractivity contribution is 6.30. The number of halogens is 2. The van der Waals surface area contributed by atoms with Crippen molar-refractivity contribution >= 4 is 29.1 Å². The van der Waals surface area contributed by atoms with E-state index < -0.39 is 11.4 Å². The highest BCUT2D eigenvalue weighted by Gasteiger charge is 2.42. The van der Waals surface area contributed by atoms with Crippen molar-refractivity contribution in [1.29, 1.82) is 0 Å². The van der Waals surface area contributed by atoms with Crippen LogP contribution in [0.5, 0.6) is 5.75 Å². The molecule has 1 fully saturated rings. The highest BCUT2D eigenvalue weighted by Crippen LogP contribution is 2.32. The number of amides is 2. The van der Waals surface area contributed by atoms with Gasteiger partial charge in [0.25, 0.3) is 11.8 Å². The zero-order valence-electron chi connectivity index (χ0n) is 16.8. The van der Waals surface area contributed by atoms with Gasteiger partial charge in [-0.3, -0.25) is 9.59 Å². The molecular formula is C21H24ClFN4O3. The molecular weight excluding hydrogens is 411 g/mol. The molecule has 2 amide bonds. The average Bonchev–Trinajstić information content (AvgIpc) is 2.68. The van der Waals surface area contributed by atoms with Crippen LogP contribution in [0.25, 0.3) is 0 Å². The highest BCUT2D eigenvalue weighted by atomic mass is 35.5. The molecule has 2 aromatic rings. The standard InChI is InChI=1S/C21H24ClFN4O3/c1-3-24-13-4-7-18(25-11-13)20(29)26-14-9-21(2,10-14)27-19(28)12-30-15-5-6-16(22)17(23)8-15/h4-8,11,14,24H,3,9-10,12H2,1-2H3,(H,26,29)(H,27,28). The van der Waals surface area contributed by atoms with Gasteiger partial charge >= 0.3 is 0 Å². The van der Waals surface area contributed by atoms with Crippen LogP contribution in [0.1, 0.15) is 37.2 Å². The van der Waals surface area contributed by atoms with Crippen LogP contribution in [0, 0.1) is 5.82 Å². The number of pyridine rings is 1. The van der Waals surface area contributed by atoms with Gasteiger partial charge in [-0.25, -0.2) is 9.37 Å². The van der Waals surface area contributed by atoms with Crippen molar-refractivity contribution in [2.24, 2.45) is 0 Å². The van der Waals surface area contributed by atoms with E-state index in [2.05, 4.69) is 20.9 Å². The summed E-state index contributed by atoms with van der Waals surface area (Å²) in [6.45, 7) is 4.42. The van der Waals surface area contributed by atoms with E-state index in [0.29, 0.717) is 18.5 Å². The number of nitrogens with one attached hydrogen (secondary N) is 3. The van der Waals surface area contributed by atoms with E-state index in [1.807, 2.05) is 19.9 Å². The number of hydrogen-bond donors (Lipinski definition) is 3. The van der Waals surface area contributed by atoms with Crippen LogP contribution >= 0.6 is 11.6 Å². The zero-order chi connectivity index (χ0) is 21.7. The minimum atomic E-state index is -0.607. The van der Waals surface area contributed by atoms with E-state index in [-0.39, 0.29) is 35.2 Å². The molecule has 9 heteroatoms. The first-order valence-electron chi connectivity index (χ1n) is 9.67. The monoisotopic (exact) mass is 434 g/mol. The summed E-state index contributed by atoms with van der Waals surface area (Å²) in [6, 6.07) is 7.42. The fourth-order valence-corrected chi connectivity index (χ4v) is 3.53. The summed E-state index contributed by atoms with van der Waals surface area (Å²) in [5.41, 5.74) is 0.765. The summed E-state index contributed by atoms with van der Waals surface area (Å²) in [4.78, 5) is 28.6. The Kier molecular flexibility index (Phi) is 6.77. The van der Waals surface area contributed by atoms with E-state index >= 15 is 0 Å². The molecule has 0 atom stereocenters. The van der Waals surface area contributed by atoms with Gasteiger partial charge in [0, 0.05) is 24.2 Å². The van der Waals surface area contributed by atoms with Gasteiger partial charge in [0.1, 0.15) is 17.3 Å². The van der Waals surface area contributed by atoms with Crippen molar-refractivity contribution in [2.45, 2.75) is 38.3 Å². The van der Waals surface area contributed by atoms with Crippen molar-refractivity contribution in [3.05, 3.63) is 53.1 Å². The molecule has 3 rings (SSSR count). The number of benzene rings is 1. The predicted octanol–water partition coefficient (Wildman–Crippen LogP) is 3.15. The number of rotatable bonds is 8. The van der Waals surface area contributed by atoms with Gasteiger partial charge in [0.2, 0.25) is 0 Å². The molecule has 30 heavy (non-hydrogen) atoms. The number of aromatic nitrogens is 1. The normalized spacial score (nSPS) is 20.1. The van der Waals surface area contributed by atoms with Crippen LogP contribution in [0.2, 0.25) is 5.02 Å². The Balaban J connectivity index is 1.42. The molecule has 0 radical (unpaired) electrons. The van der Waals surface area contributed by atoms with Crippen LogP contribution in [-0.4, -0.2) is 41.5 Å². The molecule has 1 aromatic carbocycles. The largest absolute Gasteiger partial charge is 0.484 e. The molecule has 1 heterocycles. The number of nitrogens with zero attached hydrogens (tertiary/aromatic N) is 1. The second-order valence-corrected chi connectivity index (χ2v) is 7.92. The number of carbonyl (C=O) groups excluding carboxylic acids is 2. The molecule has 0 aliphatic heterocycles. The van der Waals surface area contributed by atoms with Gasteiger partial charge < -0.3 is 20.7 Å². The Bertz CT molecular complexity index is 917. The molecule has 0 bridgehead atoms. The van der Waals surface area contributed by atoms with Gasteiger partial charge in [0.05, 0.1) is 16.9 Å². The van der Waals surface area contributed by atoms with Gasteiger partial charge in [-0.1, -0.05) is 11.6 Å². The second kappa shape index (κ2) is 9.30. The third kappa shape index (κ3) is 5.60. The first kappa shape index (κ1) is 21.8. The fourth-order valence-electron chi connectivity index (χ4n) is 3.42. The lowest BCUT2D eigenvalue weighted by Crippen LogP contribution is -2.62. The lowest BCUT2D eigenvalue weighted by molar-refractivity contribution is -0.126. The first-order chi connectivity index (χ1) is 14.3. The maximum absolute atomic E-state index is 13.4. The van der Waals surface area contributed by atoms with E-state index in [0.717, 1.165) is 18.3 Å². The van der Waals surface area contributed by atoms with Crippen molar-refractivity contribution in [2.75, 3.05) is 18.5 Å². The van der Waals surface area contributed by atoms with Crippen LogP contribution in [0.15, 0.2) is 36.5 Å². The average molecular weight is 435 g/mol. The van der Waals surface area contributed by atoms with Gasteiger partial charge in [-0.05, 0) is 51.0 Å². The predicted molar refractivity (Wildman–Crippen MR) is 112 cm³/mol. The molecule has 1 aliphatic carbocycles. The molecule has 1 aliphatic rings. The van der Waals surface area contributed by atoms with Gasteiger partial charge in [-0.2, -0.15) is 0 Å². The summed E-state index contributed by atoms with van der Waals surface area (Å²) in [5, 5.41) is 8.93. The van der Waals surface area contributed by atoms with Crippen LogP contribution in [0.3, 0.4) is 0 Å². The van der Waals surface area contributed by atoms with Crippen molar-refractivity contribution in [3.8, 4) is 5.75 Å². The topological polar surface area (TPSA) is 92.4 Å². The maximum atomic E-state index is 13.4. The van der Waals surface area contributed by atoms with E-state index in [1.54, 1.807) is 12.3 Å². The molecule has 160 valence electrons. The lowest BCUT2D eigenvalue weighted by atomic mass is 9.74. The Labute approximate surface area is 179 Å². The van der Waals surface area contributed by atoms with Crippen LogP contribution in [-0.2, 0) is 4.79 Å². The minimum absolute atomic E-state index is 0.00867. The Hall–Kier alpha value is -2.87. The van der Waals surface area contributed by atoms with E-state index in [9.17, 15) is 14.0 Å². The summed E-state index contributed by atoms with van der Waals surface area (Å²) >= 11 is 5.62. The molecule has 0 spiro atoms. The number of carbonyl (C=O) groups is 2. The minimum Gasteiger partial charge on any atom is -0.484 e. The molecule has 1 aromatic heterocycles. The smallest absolute Gasteiger partial charge is 0.270 e. The molecule has 7 nitrogen and oxygen atoms in total. The third-order valence-corrected chi connectivity index (χ3v) is 5.11. The zero-order valence-corrected chi connectivity index (χ0v) is 17.6. The van der Waals surface area contributed by atoms with Crippen molar-refractivity contribution in [1.82, 2.24) is 15.6 Å². The molecule has 3 N–H and O–H groups in total. The van der Waals surface area contributed by atoms with E-state index in [4.69, 9.17) is 16.3 Å². The van der Waals surface area contributed by atoms with Gasteiger partial charge in [0.15, 0.2) is 6.61 Å². The molecule has 0 unspecified atom stereocenters. The summed E-state index contributed by atoms with van der Waals surface area (Å²) < 4.78 is 18.7.